The molecule has 0 fully saturated rings. The molecule has 1 heterocycles. The first-order valence-corrected chi connectivity index (χ1v) is 5.53. The topological polar surface area (TPSA) is 51.2 Å². The summed E-state index contributed by atoms with van der Waals surface area (Å²) in [6.07, 6.45) is -0.462. The number of hydrogen-bond donors (Lipinski definition) is 1. The average molecular weight is 228 g/mol. The van der Waals surface area contributed by atoms with Gasteiger partial charge in [0.1, 0.15) is 5.60 Å². The molecule has 0 unspecified atom stereocenters. The fraction of sp³-hybridized carbons (Fsp3) is 0.600. The lowest BCUT2D eigenvalue weighted by molar-refractivity contribution is 0.0636. The van der Waals surface area contributed by atoms with Crippen molar-refractivity contribution in [3.05, 3.63) is 10.6 Å². The number of carbonyl (C=O) groups is 1. The molecule has 1 N–H and O–H groups in total. The number of thiazole rings is 1. The first kappa shape index (κ1) is 12.0. The van der Waals surface area contributed by atoms with Crippen LogP contribution in [-0.4, -0.2) is 16.7 Å². The van der Waals surface area contributed by atoms with Crippen LogP contribution < -0.4 is 5.32 Å². The molecule has 0 atom stereocenters. The standard InChI is InChI=1S/C10H16N2O2S/c1-6-7(2)15-8(11-6)12-9(13)14-10(3,4)5/h1-5H3,(H,11,12,13). The molecule has 0 bridgehead atoms. The third-order valence-corrected chi connectivity index (χ3v) is 2.62. The van der Waals surface area contributed by atoms with Gasteiger partial charge in [-0.2, -0.15) is 0 Å². The molecule has 1 aromatic heterocycles. The van der Waals surface area contributed by atoms with Crippen LogP contribution in [0.4, 0.5) is 9.93 Å². The van der Waals surface area contributed by atoms with E-state index in [1.165, 1.54) is 11.3 Å². The van der Waals surface area contributed by atoms with E-state index in [1.807, 2.05) is 34.6 Å². The number of hydrogen-bond acceptors (Lipinski definition) is 4. The first-order chi connectivity index (χ1) is 6.78. The number of aromatic nitrogens is 1. The summed E-state index contributed by atoms with van der Waals surface area (Å²) in [5, 5.41) is 3.19. The number of anilines is 1. The second-order valence-electron chi connectivity index (χ2n) is 4.29. The van der Waals surface area contributed by atoms with Gasteiger partial charge in [0.05, 0.1) is 5.69 Å². The highest BCUT2D eigenvalue weighted by Gasteiger charge is 2.17. The maximum atomic E-state index is 11.4. The fourth-order valence-corrected chi connectivity index (χ4v) is 1.72. The molecule has 1 aromatic rings. The Morgan fingerprint density at radius 3 is 2.40 bits per heavy atom. The molecule has 0 saturated carbocycles. The van der Waals surface area contributed by atoms with Gasteiger partial charge >= 0.3 is 6.09 Å². The van der Waals surface area contributed by atoms with Crippen molar-refractivity contribution in [1.82, 2.24) is 4.98 Å². The van der Waals surface area contributed by atoms with Crippen LogP contribution in [0.3, 0.4) is 0 Å². The summed E-state index contributed by atoms with van der Waals surface area (Å²) in [6.45, 7) is 9.35. The average Bonchev–Trinajstić information content (AvgIpc) is 2.26. The Kier molecular flexibility index (Phi) is 3.34. The van der Waals surface area contributed by atoms with Crippen molar-refractivity contribution in [2.75, 3.05) is 5.32 Å². The largest absolute Gasteiger partial charge is 0.444 e. The lowest BCUT2D eigenvalue weighted by Gasteiger charge is -2.18. The zero-order valence-corrected chi connectivity index (χ0v) is 10.5. The number of amides is 1. The smallest absolute Gasteiger partial charge is 0.413 e. The van der Waals surface area contributed by atoms with Crippen LogP contribution in [0.1, 0.15) is 31.3 Å². The van der Waals surface area contributed by atoms with Crippen molar-refractivity contribution in [2.45, 2.75) is 40.2 Å². The van der Waals surface area contributed by atoms with Crippen LogP contribution in [0.25, 0.3) is 0 Å². The van der Waals surface area contributed by atoms with Crippen LogP contribution in [0.2, 0.25) is 0 Å². The Bertz CT molecular complexity index is 346. The van der Waals surface area contributed by atoms with Crippen molar-refractivity contribution in [2.24, 2.45) is 0 Å². The molecular weight excluding hydrogens is 212 g/mol. The maximum absolute atomic E-state index is 11.4. The molecule has 0 aliphatic heterocycles. The molecule has 0 aliphatic rings. The molecule has 4 nitrogen and oxygen atoms in total. The molecule has 0 aromatic carbocycles. The predicted molar refractivity (Wildman–Crippen MR) is 61.4 cm³/mol. The van der Waals surface area contributed by atoms with Crippen molar-refractivity contribution < 1.29 is 9.53 Å². The summed E-state index contributed by atoms with van der Waals surface area (Å²) < 4.78 is 5.11. The number of nitrogens with one attached hydrogen (secondary N) is 1. The van der Waals surface area contributed by atoms with Crippen LogP contribution in [0.15, 0.2) is 0 Å². The van der Waals surface area contributed by atoms with Crippen LogP contribution in [-0.2, 0) is 4.74 Å². The van der Waals surface area contributed by atoms with E-state index in [1.54, 1.807) is 0 Å². The minimum Gasteiger partial charge on any atom is -0.444 e. The monoisotopic (exact) mass is 228 g/mol. The Hall–Kier alpha value is -1.10. The number of aryl methyl sites for hydroxylation is 2. The van der Waals surface area contributed by atoms with Gasteiger partial charge in [-0.25, -0.2) is 9.78 Å². The second kappa shape index (κ2) is 4.18. The van der Waals surface area contributed by atoms with E-state index in [4.69, 9.17) is 4.74 Å². The van der Waals surface area contributed by atoms with E-state index in [9.17, 15) is 4.79 Å². The van der Waals surface area contributed by atoms with Gasteiger partial charge in [0.2, 0.25) is 0 Å². The van der Waals surface area contributed by atoms with Gasteiger partial charge in [-0.3, -0.25) is 5.32 Å². The van der Waals surface area contributed by atoms with E-state index in [0.717, 1.165) is 10.6 Å². The SMILES string of the molecule is Cc1nc(NC(=O)OC(C)(C)C)sc1C. The van der Waals surface area contributed by atoms with Gasteiger partial charge in [-0.05, 0) is 34.6 Å². The summed E-state index contributed by atoms with van der Waals surface area (Å²) in [4.78, 5) is 16.7. The summed E-state index contributed by atoms with van der Waals surface area (Å²) in [6, 6.07) is 0. The van der Waals surface area contributed by atoms with Crippen molar-refractivity contribution in [3.63, 3.8) is 0 Å². The molecule has 15 heavy (non-hydrogen) atoms. The van der Waals surface area contributed by atoms with Crippen molar-refractivity contribution in [3.8, 4) is 0 Å². The van der Waals surface area contributed by atoms with Gasteiger partial charge in [-0.1, -0.05) is 0 Å². The molecule has 0 radical (unpaired) electrons. The Morgan fingerprint density at radius 2 is 2.00 bits per heavy atom. The van der Waals surface area contributed by atoms with E-state index in [-0.39, 0.29) is 0 Å². The minimum atomic E-state index is -0.481. The summed E-state index contributed by atoms with van der Waals surface area (Å²) in [5.41, 5.74) is 0.455. The Labute approximate surface area is 93.7 Å². The Balaban J connectivity index is 2.59. The van der Waals surface area contributed by atoms with Crippen molar-refractivity contribution >= 4 is 22.6 Å². The fourth-order valence-electron chi connectivity index (χ4n) is 0.917. The number of ether oxygens (including phenoxy) is 1. The van der Waals surface area contributed by atoms with Gasteiger partial charge in [-0.15, -0.1) is 11.3 Å². The summed E-state index contributed by atoms with van der Waals surface area (Å²) >= 11 is 1.45. The highest BCUT2D eigenvalue weighted by atomic mass is 32.1. The number of rotatable bonds is 1. The number of nitrogens with zero attached hydrogens (tertiary/aromatic N) is 1. The molecule has 84 valence electrons. The molecular formula is C10H16N2O2S. The zero-order chi connectivity index (χ0) is 11.6. The third-order valence-electron chi connectivity index (χ3n) is 1.64. The lowest BCUT2D eigenvalue weighted by Crippen LogP contribution is -2.27. The van der Waals surface area contributed by atoms with Crippen LogP contribution in [0.5, 0.6) is 0 Å². The summed E-state index contributed by atoms with van der Waals surface area (Å²) in [7, 11) is 0. The van der Waals surface area contributed by atoms with E-state index < -0.39 is 11.7 Å². The highest BCUT2D eigenvalue weighted by Crippen LogP contribution is 2.21. The quantitative estimate of drug-likeness (QED) is 0.803. The highest BCUT2D eigenvalue weighted by molar-refractivity contribution is 7.15. The van der Waals surface area contributed by atoms with Gasteiger partial charge < -0.3 is 4.74 Å². The predicted octanol–water partition coefficient (Wildman–Crippen LogP) is 3.11. The second-order valence-corrected chi connectivity index (χ2v) is 5.49. The van der Waals surface area contributed by atoms with E-state index in [2.05, 4.69) is 10.3 Å². The van der Waals surface area contributed by atoms with Gasteiger partial charge in [0.15, 0.2) is 5.13 Å². The van der Waals surface area contributed by atoms with Gasteiger partial charge in [0, 0.05) is 4.88 Å². The maximum Gasteiger partial charge on any atom is 0.413 e. The molecule has 5 heteroatoms. The lowest BCUT2D eigenvalue weighted by atomic mass is 10.2. The minimum absolute atomic E-state index is 0.462. The van der Waals surface area contributed by atoms with Gasteiger partial charge in [0.25, 0.3) is 0 Å². The summed E-state index contributed by atoms with van der Waals surface area (Å²) in [5.74, 6) is 0. The van der Waals surface area contributed by atoms with Crippen LogP contribution >= 0.6 is 11.3 Å². The molecule has 0 saturated heterocycles. The molecule has 1 amide bonds. The normalized spacial score (nSPS) is 11.3. The molecule has 1 rings (SSSR count). The molecule has 0 aliphatic carbocycles. The van der Waals surface area contributed by atoms with Crippen LogP contribution in [0, 0.1) is 13.8 Å². The molecule has 0 spiro atoms. The third kappa shape index (κ3) is 3.87. The zero-order valence-electron chi connectivity index (χ0n) is 9.67. The first-order valence-electron chi connectivity index (χ1n) is 4.72. The van der Waals surface area contributed by atoms with E-state index in [0.29, 0.717) is 5.13 Å². The number of carbonyl (C=O) groups excluding carboxylic acids is 1. The van der Waals surface area contributed by atoms with Crippen molar-refractivity contribution in [1.29, 1.82) is 0 Å². The Morgan fingerprint density at radius 1 is 1.40 bits per heavy atom. The van der Waals surface area contributed by atoms with E-state index >= 15 is 0 Å².